The van der Waals surface area contributed by atoms with Gasteiger partial charge in [-0.3, -0.25) is 14.5 Å². The quantitative estimate of drug-likeness (QED) is 0.843. The predicted molar refractivity (Wildman–Crippen MR) is 92.7 cm³/mol. The van der Waals surface area contributed by atoms with Crippen molar-refractivity contribution in [3.05, 3.63) is 65.1 Å². The minimum absolute atomic E-state index is 0.0664. The maximum Gasteiger partial charge on any atom is 0.293 e. The number of nitrogens with zero attached hydrogens (tertiary/aromatic N) is 1. The standard InChI is InChI=1S/C18H15NO4S/c20-15-9-5-4-6-13(15)12-16-17(21)19(18(22)24-16)10-11-23-14-7-2-1-3-8-14/h1-9,12,20H,10-11H2/b16-12-. The van der Waals surface area contributed by atoms with Crippen LogP contribution in [0.1, 0.15) is 5.56 Å². The van der Waals surface area contributed by atoms with Gasteiger partial charge < -0.3 is 9.84 Å². The van der Waals surface area contributed by atoms with Crippen molar-refractivity contribution < 1.29 is 19.4 Å². The molecule has 0 radical (unpaired) electrons. The summed E-state index contributed by atoms with van der Waals surface area (Å²) in [6.07, 6.45) is 1.53. The fraction of sp³-hybridized carbons (Fsp3) is 0.111. The topological polar surface area (TPSA) is 66.8 Å². The van der Waals surface area contributed by atoms with Gasteiger partial charge in [0.05, 0.1) is 11.4 Å². The number of para-hydroxylation sites is 2. The van der Waals surface area contributed by atoms with Gasteiger partial charge >= 0.3 is 0 Å². The number of carbonyl (C=O) groups excluding carboxylic acids is 2. The Morgan fingerprint density at radius 2 is 1.75 bits per heavy atom. The van der Waals surface area contributed by atoms with Gasteiger partial charge in [-0.05, 0) is 36.0 Å². The maximum absolute atomic E-state index is 12.4. The van der Waals surface area contributed by atoms with Crippen LogP contribution in [-0.4, -0.2) is 34.3 Å². The number of ether oxygens (including phenoxy) is 1. The van der Waals surface area contributed by atoms with Crippen LogP contribution in [0.2, 0.25) is 0 Å². The number of thioether (sulfide) groups is 1. The third kappa shape index (κ3) is 3.60. The molecule has 6 heteroatoms. The molecule has 1 N–H and O–H groups in total. The highest BCUT2D eigenvalue weighted by Gasteiger charge is 2.34. The smallest absolute Gasteiger partial charge is 0.293 e. The first-order valence-corrected chi connectivity index (χ1v) is 8.18. The lowest BCUT2D eigenvalue weighted by Gasteiger charge is -2.13. The predicted octanol–water partition coefficient (Wildman–Crippen LogP) is 3.51. The average molecular weight is 341 g/mol. The average Bonchev–Trinajstić information content (AvgIpc) is 2.85. The van der Waals surface area contributed by atoms with Crippen molar-refractivity contribution in [1.29, 1.82) is 0 Å². The summed E-state index contributed by atoms with van der Waals surface area (Å²) in [7, 11) is 0. The number of benzene rings is 2. The SMILES string of the molecule is O=C1S/C(=C\c2ccccc2O)C(=O)N1CCOc1ccccc1. The highest BCUT2D eigenvalue weighted by molar-refractivity contribution is 8.18. The number of carbonyl (C=O) groups is 2. The van der Waals surface area contributed by atoms with Gasteiger partial charge in [0.2, 0.25) is 0 Å². The zero-order valence-electron chi connectivity index (χ0n) is 12.7. The first-order valence-electron chi connectivity index (χ1n) is 7.36. The third-order valence-corrected chi connectivity index (χ3v) is 4.33. The molecule has 0 aliphatic carbocycles. The molecule has 2 aromatic rings. The van der Waals surface area contributed by atoms with E-state index in [2.05, 4.69) is 0 Å². The Hall–Kier alpha value is -2.73. The van der Waals surface area contributed by atoms with E-state index in [-0.39, 0.29) is 30.0 Å². The lowest BCUT2D eigenvalue weighted by Crippen LogP contribution is -2.32. The molecule has 1 fully saturated rings. The zero-order valence-corrected chi connectivity index (χ0v) is 13.5. The van der Waals surface area contributed by atoms with Gasteiger partial charge in [0.25, 0.3) is 11.1 Å². The summed E-state index contributed by atoms with van der Waals surface area (Å²) in [6, 6.07) is 15.9. The van der Waals surface area contributed by atoms with Crippen molar-refractivity contribution in [3.8, 4) is 11.5 Å². The van der Waals surface area contributed by atoms with Crippen molar-refractivity contribution in [2.75, 3.05) is 13.2 Å². The molecule has 2 aromatic carbocycles. The van der Waals surface area contributed by atoms with Gasteiger partial charge in [0.15, 0.2) is 0 Å². The molecule has 3 rings (SSSR count). The van der Waals surface area contributed by atoms with E-state index < -0.39 is 0 Å². The summed E-state index contributed by atoms with van der Waals surface area (Å²) in [5.41, 5.74) is 0.503. The van der Waals surface area contributed by atoms with Crippen molar-refractivity contribution in [2.45, 2.75) is 0 Å². The summed E-state index contributed by atoms with van der Waals surface area (Å²) in [4.78, 5) is 25.8. The number of aromatic hydroxyl groups is 1. The fourth-order valence-electron chi connectivity index (χ4n) is 2.22. The normalized spacial score (nSPS) is 16.0. The molecule has 1 aliphatic rings. The number of phenols is 1. The monoisotopic (exact) mass is 341 g/mol. The maximum atomic E-state index is 12.4. The molecule has 0 aromatic heterocycles. The highest BCUT2D eigenvalue weighted by Crippen LogP contribution is 2.33. The molecule has 0 unspecified atom stereocenters. The number of imide groups is 1. The lowest BCUT2D eigenvalue weighted by atomic mass is 10.2. The molecule has 0 atom stereocenters. The van der Waals surface area contributed by atoms with E-state index in [9.17, 15) is 14.7 Å². The van der Waals surface area contributed by atoms with E-state index >= 15 is 0 Å². The largest absolute Gasteiger partial charge is 0.507 e. The number of amides is 2. The van der Waals surface area contributed by atoms with E-state index in [4.69, 9.17) is 4.74 Å². The van der Waals surface area contributed by atoms with Crippen molar-refractivity contribution in [1.82, 2.24) is 4.90 Å². The summed E-state index contributed by atoms with van der Waals surface area (Å²) in [5.74, 6) is 0.385. The van der Waals surface area contributed by atoms with E-state index in [0.29, 0.717) is 16.2 Å². The van der Waals surface area contributed by atoms with Crippen molar-refractivity contribution >= 4 is 29.0 Å². The van der Waals surface area contributed by atoms with Crippen LogP contribution in [0.15, 0.2) is 59.5 Å². The molecule has 122 valence electrons. The second kappa shape index (κ2) is 7.23. The number of hydrogen-bond acceptors (Lipinski definition) is 5. The number of rotatable bonds is 5. The van der Waals surface area contributed by atoms with Crippen LogP contribution in [0.4, 0.5) is 4.79 Å². The van der Waals surface area contributed by atoms with Gasteiger partial charge in [-0.25, -0.2) is 0 Å². The lowest BCUT2D eigenvalue weighted by molar-refractivity contribution is -0.123. The Bertz CT molecular complexity index is 789. The Kier molecular flexibility index (Phi) is 4.86. The summed E-state index contributed by atoms with van der Waals surface area (Å²) >= 11 is 0.863. The zero-order chi connectivity index (χ0) is 16.9. The molecule has 0 spiro atoms. The molecular formula is C18H15NO4S. The summed E-state index contributed by atoms with van der Waals surface area (Å²) in [6.45, 7) is 0.406. The van der Waals surface area contributed by atoms with Crippen LogP contribution in [0, 0.1) is 0 Å². The Labute approximate surface area is 143 Å². The molecule has 0 saturated carbocycles. The minimum atomic E-state index is -0.370. The Morgan fingerprint density at radius 3 is 2.50 bits per heavy atom. The molecule has 5 nitrogen and oxygen atoms in total. The van der Waals surface area contributed by atoms with Crippen LogP contribution in [-0.2, 0) is 4.79 Å². The van der Waals surface area contributed by atoms with Crippen LogP contribution in [0.5, 0.6) is 11.5 Å². The van der Waals surface area contributed by atoms with Gasteiger partial charge in [-0.2, -0.15) is 0 Å². The van der Waals surface area contributed by atoms with Crippen molar-refractivity contribution in [3.63, 3.8) is 0 Å². The van der Waals surface area contributed by atoms with Gasteiger partial charge in [0.1, 0.15) is 18.1 Å². The van der Waals surface area contributed by atoms with Gasteiger partial charge in [-0.1, -0.05) is 36.4 Å². The molecule has 24 heavy (non-hydrogen) atoms. The van der Waals surface area contributed by atoms with E-state index in [1.807, 2.05) is 30.3 Å². The first-order chi connectivity index (χ1) is 11.6. The summed E-state index contributed by atoms with van der Waals surface area (Å²) in [5, 5.41) is 9.44. The van der Waals surface area contributed by atoms with E-state index in [1.54, 1.807) is 18.2 Å². The Morgan fingerprint density at radius 1 is 1.04 bits per heavy atom. The van der Waals surface area contributed by atoms with Crippen LogP contribution in [0.25, 0.3) is 6.08 Å². The molecule has 1 saturated heterocycles. The summed E-state index contributed by atoms with van der Waals surface area (Å²) < 4.78 is 5.52. The number of phenolic OH excluding ortho intramolecular Hbond substituents is 1. The molecular weight excluding hydrogens is 326 g/mol. The Balaban J connectivity index is 1.65. The molecule has 0 bridgehead atoms. The molecule has 1 heterocycles. The van der Waals surface area contributed by atoms with Gasteiger partial charge in [0, 0.05) is 5.56 Å². The van der Waals surface area contributed by atoms with Crippen molar-refractivity contribution in [2.24, 2.45) is 0 Å². The van der Waals surface area contributed by atoms with Crippen LogP contribution < -0.4 is 4.74 Å². The minimum Gasteiger partial charge on any atom is -0.507 e. The number of hydrogen-bond donors (Lipinski definition) is 1. The van der Waals surface area contributed by atoms with Crippen LogP contribution in [0.3, 0.4) is 0 Å². The molecule has 1 aliphatic heterocycles. The first kappa shape index (κ1) is 16.1. The second-order valence-corrected chi connectivity index (χ2v) is 6.05. The third-order valence-electron chi connectivity index (χ3n) is 3.42. The van der Waals surface area contributed by atoms with Crippen LogP contribution >= 0.6 is 11.8 Å². The second-order valence-electron chi connectivity index (χ2n) is 5.05. The van der Waals surface area contributed by atoms with Gasteiger partial charge in [-0.15, -0.1) is 0 Å². The van der Waals surface area contributed by atoms with E-state index in [0.717, 1.165) is 16.7 Å². The fourth-order valence-corrected chi connectivity index (χ4v) is 3.07. The highest BCUT2D eigenvalue weighted by atomic mass is 32.2. The van der Waals surface area contributed by atoms with E-state index in [1.165, 1.54) is 12.1 Å². The molecule has 2 amide bonds.